The van der Waals surface area contributed by atoms with Crippen molar-refractivity contribution in [3.8, 4) is 0 Å². The second kappa shape index (κ2) is 8.80. The van der Waals surface area contributed by atoms with Crippen LogP contribution in [0.4, 0.5) is 4.79 Å². The first-order valence-corrected chi connectivity index (χ1v) is 4.51. The van der Waals surface area contributed by atoms with Gasteiger partial charge in [-0.05, 0) is 6.42 Å². The van der Waals surface area contributed by atoms with Crippen LogP contribution < -0.4 is 5.32 Å². The fraction of sp³-hybridized carbons (Fsp3) is 0.400. The van der Waals surface area contributed by atoms with E-state index in [4.69, 9.17) is 0 Å². The number of alkyl carbamates (subject to hydrolysis) is 1. The number of hydrogen-bond acceptors (Lipinski definition) is 4. The SMILES string of the molecule is C=CCOC(=O)NCCCOC(=O)C=C. The van der Waals surface area contributed by atoms with Gasteiger partial charge in [-0.15, -0.1) is 0 Å². The molecule has 5 heteroatoms. The van der Waals surface area contributed by atoms with E-state index in [1.807, 2.05) is 0 Å². The predicted octanol–water partition coefficient (Wildman–Crippen LogP) is 1.02. The monoisotopic (exact) mass is 213 g/mol. The minimum Gasteiger partial charge on any atom is -0.462 e. The Morgan fingerprint density at radius 3 is 2.60 bits per heavy atom. The molecule has 0 aliphatic carbocycles. The summed E-state index contributed by atoms with van der Waals surface area (Å²) in [6, 6.07) is 0. The highest BCUT2D eigenvalue weighted by Crippen LogP contribution is 1.85. The van der Waals surface area contributed by atoms with Crippen molar-refractivity contribution in [1.82, 2.24) is 5.32 Å². The highest BCUT2D eigenvalue weighted by atomic mass is 16.5. The highest BCUT2D eigenvalue weighted by Gasteiger charge is 1.99. The van der Waals surface area contributed by atoms with E-state index in [0.29, 0.717) is 13.0 Å². The zero-order valence-electron chi connectivity index (χ0n) is 8.53. The van der Waals surface area contributed by atoms with Crippen LogP contribution in [0.5, 0.6) is 0 Å². The van der Waals surface area contributed by atoms with E-state index >= 15 is 0 Å². The van der Waals surface area contributed by atoms with Crippen LogP contribution in [0.3, 0.4) is 0 Å². The van der Waals surface area contributed by atoms with Crippen molar-refractivity contribution in [1.29, 1.82) is 0 Å². The smallest absolute Gasteiger partial charge is 0.407 e. The molecule has 5 nitrogen and oxygen atoms in total. The molecule has 0 aliphatic rings. The molecule has 0 heterocycles. The molecule has 0 aromatic rings. The van der Waals surface area contributed by atoms with Crippen molar-refractivity contribution in [3.63, 3.8) is 0 Å². The van der Waals surface area contributed by atoms with Crippen LogP contribution in [-0.4, -0.2) is 31.8 Å². The second-order valence-electron chi connectivity index (χ2n) is 2.54. The van der Waals surface area contributed by atoms with Crippen molar-refractivity contribution in [2.75, 3.05) is 19.8 Å². The minimum atomic E-state index is -0.509. The molecule has 0 saturated heterocycles. The predicted molar refractivity (Wildman–Crippen MR) is 55.3 cm³/mol. The molecule has 0 spiro atoms. The summed E-state index contributed by atoms with van der Waals surface area (Å²) in [7, 11) is 0. The Morgan fingerprint density at radius 1 is 1.27 bits per heavy atom. The number of ether oxygens (including phenoxy) is 2. The molecule has 1 N–H and O–H groups in total. The number of hydrogen-bond donors (Lipinski definition) is 1. The van der Waals surface area contributed by atoms with Gasteiger partial charge < -0.3 is 14.8 Å². The van der Waals surface area contributed by atoms with Gasteiger partial charge in [0.2, 0.25) is 0 Å². The molecule has 1 amide bonds. The maximum absolute atomic E-state index is 10.9. The molecule has 0 bridgehead atoms. The minimum absolute atomic E-state index is 0.178. The summed E-state index contributed by atoms with van der Waals surface area (Å²) in [6.07, 6.45) is 2.59. The first-order valence-electron chi connectivity index (χ1n) is 4.51. The number of nitrogens with one attached hydrogen (secondary N) is 1. The van der Waals surface area contributed by atoms with Crippen LogP contribution in [0.25, 0.3) is 0 Å². The average Bonchev–Trinajstić information content (AvgIpc) is 2.25. The lowest BCUT2D eigenvalue weighted by atomic mass is 10.4. The molecule has 84 valence electrons. The summed E-state index contributed by atoms with van der Waals surface area (Å²) in [5.74, 6) is -0.468. The zero-order chi connectivity index (χ0) is 11.5. The summed E-state index contributed by atoms with van der Waals surface area (Å²) in [6.45, 7) is 7.46. The van der Waals surface area contributed by atoms with Crippen LogP contribution in [0.2, 0.25) is 0 Å². The number of carbonyl (C=O) groups excluding carboxylic acids is 2. The van der Waals surface area contributed by atoms with Crippen LogP contribution in [0.15, 0.2) is 25.3 Å². The molecule has 0 aromatic carbocycles. The van der Waals surface area contributed by atoms with E-state index in [0.717, 1.165) is 6.08 Å². The molecule has 0 aromatic heterocycles. The van der Waals surface area contributed by atoms with Gasteiger partial charge in [0.15, 0.2) is 0 Å². The second-order valence-corrected chi connectivity index (χ2v) is 2.54. The largest absolute Gasteiger partial charge is 0.462 e. The average molecular weight is 213 g/mol. The van der Waals surface area contributed by atoms with Gasteiger partial charge in [-0.1, -0.05) is 19.2 Å². The Labute approximate surface area is 88.7 Å². The van der Waals surface area contributed by atoms with E-state index in [-0.39, 0.29) is 13.2 Å². The lowest BCUT2D eigenvalue weighted by molar-refractivity contribution is -0.137. The number of carbonyl (C=O) groups is 2. The molecule has 0 unspecified atom stereocenters. The van der Waals surface area contributed by atoms with Gasteiger partial charge >= 0.3 is 12.1 Å². The quantitative estimate of drug-likeness (QED) is 0.297. The van der Waals surface area contributed by atoms with Gasteiger partial charge in [-0.3, -0.25) is 0 Å². The Hall–Kier alpha value is -1.78. The molecular weight excluding hydrogens is 198 g/mol. The fourth-order valence-electron chi connectivity index (χ4n) is 0.680. The van der Waals surface area contributed by atoms with Crippen molar-refractivity contribution in [2.45, 2.75) is 6.42 Å². The Morgan fingerprint density at radius 2 is 2.00 bits per heavy atom. The lowest BCUT2D eigenvalue weighted by Gasteiger charge is -2.05. The van der Waals surface area contributed by atoms with Gasteiger partial charge in [-0.2, -0.15) is 0 Å². The maximum Gasteiger partial charge on any atom is 0.407 e. The van der Waals surface area contributed by atoms with E-state index < -0.39 is 12.1 Å². The Balaban J connectivity index is 3.30. The molecule has 0 rings (SSSR count). The number of amides is 1. The molecule has 0 radical (unpaired) electrons. The zero-order valence-corrected chi connectivity index (χ0v) is 8.53. The molecule has 0 atom stereocenters. The number of rotatable bonds is 7. The molecule has 0 fully saturated rings. The summed E-state index contributed by atoms with van der Waals surface area (Å²) in [4.78, 5) is 21.4. The highest BCUT2D eigenvalue weighted by molar-refractivity contribution is 5.81. The van der Waals surface area contributed by atoms with Gasteiger partial charge in [0, 0.05) is 12.6 Å². The van der Waals surface area contributed by atoms with Crippen molar-refractivity contribution in [3.05, 3.63) is 25.3 Å². The van der Waals surface area contributed by atoms with E-state index in [1.54, 1.807) is 0 Å². The Bertz CT molecular complexity index is 238. The van der Waals surface area contributed by atoms with Crippen LogP contribution >= 0.6 is 0 Å². The number of esters is 1. The van der Waals surface area contributed by atoms with E-state index in [2.05, 4.69) is 27.9 Å². The molecule has 0 aliphatic heterocycles. The van der Waals surface area contributed by atoms with E-state index in [9.17, 15) is 9.59 Å². The molecule has 0 saturated carbocycles. The fourth-order valence-corrected chi connectivity index (χ4v) is 0.680. The maximum atomic E-state index is 10.9. The van der Waals surface area contributed by atoms with Crippen LogP contribution in [0, 0.1) is 0 Å². The Kier molecular flexibility index (Phi) is 7.76. The van der Waals surface area contributed by atoms with Gasteiger partial charge in [0.25, 0.3) is 0 Å². The summed E-state index contributed by atoms with van der Waals surface area (Å²) in [5.41, 5.74) is 0. The van der Waals surface area contributed by atoms with Gasteiger partial charge in [0.1, 0.15) is 6.61 Å². The van der Waals surface area contributed by atoms with Crippen molar-refractivity contribution < 1.29 is 19.1 Å². The third kappa shape index (κ3) is 8.55. The third-order valence-electron chi connectivity index (χ3n) is 1.33. The topological polar surface area (TPSA) is 64.6 Å². The standard InChI is InChI=1S/C10H15NO4/c1-3-7-15-10(13)11-6-5-8-14-9(12)4-2/h3-4H,1-2,5-8H2,(H,11,13). The first-order chi connectivity index (χ1) is 7.20. The van der Waals surface area contributed by atoms with Crippen LogP contribution in [-0.2, 0) is 14.3 Å². The van der Waals surface area contributed by atoms with Crippen molar-refractivity contribution >= 4 is 12.1 Å². The van der Waals surface area contributed by atoms with Crippen molar-refractivity contribution in [2.24, 2.45) is 0 Å². The normalized spacial score (nSPS) is 8.80. The summed E-state index contributed by atoms with van der Waals surface area (Å²) in [5, 5.41) is 2.48. The lowest BCUT2D eigenvalue weighted by Crippen LogP contribution is -2.26. The summed E-state index contributed by atoms with van der Waals surface area (Å²) >= 11 is 0. The van der Waals surface area contributed by atoms with Gasteiger partial charge in [0.05, 0.1) is 6.61 Å². The first kappa shape index (κ1) is 13.2. The summed E-state index contributed by atoms with van der Waals surface area (Å²) < 4.78 is 9.34. The molecule has 15 heavy (non-hydrogen) atoms. The van der Waals surface area contributed by atoms with E-state index in [1.165, 1.54) is 6.08 Å². The van der Waals surface area contributed by atoms with Gasteiger partial charge in [-0.25, -0.2) is 9.59 Å². The van der Waals surface area contributed by atoms with Crippen LogP contribution in [0.1, 0.15) is 6.42 Å². The molecular formula is C10H15NO4. The third-order valence-corrected chi connectivity index (χ3v) is 1.33.